The molecule has 98 heavy (non-hydrogen) atoms. The molecule has 0 aliphatic carbocycles. The molecule has 3 aromatic heterocycles. The van der Waals surface area contributed by atoms with E-state index >= 15 is 0 Å². The van der Waals surface area contributed by atoms with Gasteiger partial charge < -0.3 is 33.8 Å². The Hall–Kier alpha value is -5.60. The van der Waals surface area contributed by atoms with Gasteiger partial charge in [0.25, 0.3) is 5.91 Å². The zero-order valence-corrected chi connectivity index (χ0v) is 66.2. The Morgan fingerprint density at radius 2 is 0.990 bits per heavy atom. The fourth-order valence-electron chi connectivity index (χ4n) is 10.4. The van der Waals surface area contributed by atoms with E-state index in [1.54, 1.807) is 35.0 Å². The molecule has 7 heterocycles. The van der Waals surface area contributed by atoms with E-state index in [1.807, 2.05) is 124 Å². The van der Waals surface area contributed by atoms with Crippen LogP contribution in [0.4, 0.5) is 0 Å². The quantitative estimate of drug-likeness (QED) is 0.0442. The number of carbonyl (C=O) groups excluding carboxylic acids is 6. The van der Waals surface area contributed by atoms with Crippen LogP contribution in [0.15, 0.2) is 156 Å². The van der Waals surface area contributed by atoms with Gasteiger partial charge in [-0.15, -0.1) is 63.5 Å². The second-order valence-corrected chi connectivity index (χ2v) is 28.8. The molecule has 6 aromatic carbocycles. The van der Waals surface area contributed by atoms with Crippen molar-refractivity contribution in [2.24, 2.45) is 0 Å². The number of esters is 3. The summed E-state index contributed by atoms with van der Waals surface area (Å²) in [6.07, 6.45) is 1.74. The summed E-state index contributed by atoms with van der Waals surface area (Å²) in [6, 6.07) is 36.9. The summed E-state index contributed by atoms with van der Waals surface area (Å²) in [6.45, 7) is 18.2. The van der Waals surface area contributed by atoms with Crippen molar-refractivity contribution >= 4 is 139 Å². The molecule has 25 heteroatoms. The number of nitrogens with one attached hydrogen (secondary N) is 1. The van der Waals surface area contributed by atoms with E-state index in [0.29, 0.717) is 34.0 Å². The van der Waals surface area contributed by atoms with E-state index in [-0.39, 0.29) is 116 Å². The standard InChI is InChI=1S/C23H24N2O3S.C16H17NO4S.C12H11BrO3S.C12H9O3S.C10H9OS.2Y/c1-16-2-4-17(5-3-16)13-24-23(27)20-15-29-21-7-6-18(12-19(21)22(20)26)14-25-8-10-28-11-9-25;1-20-16(19)13-10-22-14-3-2-11(8-12(14)15(13)18)9-17-4-6-21-7-5-17;1-7-3-4-9-8(5-7)10(14)12(13,6-17-9)11(15)16-2;1-7-3-4-10-8(5-7)11(13)9(6-16-10)12(14)15-2;1-7-2-3-10-8(6-7)9(11)4-5-12-10;;/h2-7,12,15H,8-11,13-14H2,1H3,(H,24,27);2-3,8,10H,4-7,9H2,1H3;3-5H,6H2,1-2H3;3-6H,1H2,2H3;2-4,6H,5H2,1H3;;/q;;;2*-1;;. The van der Waals surface area contributed by atoms with Crippen LogP contribution in [0.1, 0.15) is 90.7 Å². The number of morpholine rings is 2. The number of aryl methyl sites for hydroxylation is 3. The number of nitrogens with zero attached hydrogens (tertiary/aromatic N) is 2. The van der Waals surface area contributed by atoms with E-state index in [1.165, 1.54) is 78.0 Å². The number of benzene rings is 6. The molecule has 506 valence electrons. The Kier molecular flexibility index (Phi) is 30.8. The maximum Gasteiger partial charge on any atom is 0.342 e. The molecule has 1 unspecified atom stereocenters. The molecule has 0 saturated carbocycles. The predicted molar refractivity (Wildman–Crippen MR) is 386 cm³/mol. The monoisotopic (exact) mass is 1630 g/mol. The third kappa shape index (κ3) is 20.6. The van der Waals surface area contributed by atoms with Crippen LogP contribution in [0.25, 0.3) is 30.3 Å². The summed E-state index contributed by atoms with van der Waals surface area (Å²) in [5.41, 5.74) is 8.30. The zero-order chi connectivity index (χ0) is 68.6. The molecule has 9 aromatic rings. The van der Waals surface area contributed by atoms with Crippen molar-refractivity contribution in [3.63, 3.8) is 0 Å². The molecule has 2 fully saturated rings. The average Bonchev–Trinajstić information content (AvgIpc) is 0.770. The van der Waals surface area contributed by atoms with Gasteiger partial charge in [0.2, 0.25) is 10.9 Å². The van der Waals surface area contributed by atoms with Crippen LogP contribution in [0.5, 0.6) is 0 Å². The number of amides is 1. The molecule has 4 aliphatic rings. The number of Topliss-reactive ketones (excluding diaryl/α,β-unsaturated/α-hetero) is 2. The second kappa shape index (κ2) is 37.9. The maximum atomic E-state index is 13.0. The topological polar surface area (TPSA) is 218 Å². The average molecular weight is 1630 g/mol. The third-order valence-electron chi connectivity index (χ3n) is 15.7. The van der Waals surface area contributed by atoms with Crippen LogP contribution in [-0.4, -0.2) is 135 Å². The molecule has 1 atom stereocenters. The Morgan fingerprint density at radius 3 is 1.49 bits per heavy atom. The fraction of sp³-hybridized carbons (Fsp3) is 0.274. The largest absolute Gasteiger partial charge is 0.468 e. The number of hydrogen-bond donors (Lipinski definition) is 1. The van der Waals surface area contributed by atoms with Gasteiger partial charge >= 0.3 is 17.9 Å². The molecule has 13 rings (SSSR count). The predicted octanol–water partition coefficient (Wildman–Crippen LogP) is 12.5. The SMILES string of the molecule is COC(=O)C1(Br)CSc2ccc(C)cc2C1=O.COC(=O)c1csc2ccc(CN3CCOCC3)cc2c1=O.Cc1ccc(CNC(=O)c2csc3ccc(CN4CCOCC4)cc3c2=O)cc1.Cc1ccc2c(c1)C(=O)[CH-]CS2.[CH2-]c1ccc2scc(C(=O)OC)c(=O)c2c1.[Y].[Y]. The first-order valence-electron chi connectivity index (χ1n) is 30.4. The summed E-state index contributed by atoms with van der Waals surface area (Å²) in [7, 11) is 3.83. The van der Waals surface area contributed by atoms with E-state index in [2.05, 4.69) is 58.2 Å². The first-order valence-corrected chi connectivity index (χ1v) is 35.8. The van der Waals surface area contributed by atoms with Crippen LogP contribution in [0.2, 0.25) is 0 Å². The number of hydrogen-bond acceptors (Lipinski definition) is 21. The Bertz CT molecular complexity index is 4580. The van der Waals surface area contributed by atoms with Crippen LogP contribution < -0.4 is 21.6 Å². The van der Waals surface area contributed by atoms with Gasteiger partial charge in [0.1, 0.15) is 11.1 Å². The number of rotatable bonds is 10. The van der Waals surface area contributed by atoms with Crippen molar-refractivity contribution in [3.05, 3.63) is 242 Å². The summed E-state index contributed by atoms with van der Waals surface area (Å²) >= 11 is 10.6. The van der Waals surface area contributed by atoms with E-state index < -0.39 is 22.2 Å². The van der Waals surface area contributed by atoms with Gasteiger partial charge in [-0.2, -0.15) is 42.8 Å². The molecule has 1 N–H and O–H groups in total. The molecule has 4 aliphatic heterocycles. The summed E-state index contributed by atoms with van der Waals surface area (Å²) in [5.74, 6) is -0.924. The van der Waals surface area contributed by atoms with Crippen LogP contribution in [0.3, 0.4) is 0 Å². The molecule has 0 spiro atoms. The number of ketones is 2. The molecule has 0 bridgehead atoms. The Balaban J connectivity index is 0.000000177. The smallest absolute Gasteiger partial charge is 0.342 e. The van der Waals surface area contributed by atoms with Crippen molar-refractivity contribution < 1.29 is 118 Å². The Morgan fingerprint density at radius 1 is 0.551 bits per heavy atom. The molecule has 1 amide bonds. The van der Waals surface area contributed by atoms with Gasteiger partial charge in [-0.1, -0.05) is 92.1 Å². The molecular formula is C73H70BrN3O14S5Y2-2. The van der Waals surface area contributed by atoms with E-state index in [9.17, 15) is 43.2 Å². The van der Waals surface area contributed by atoms with E-state index in [0.717, 1.165) is 134 Å². The Labute approximate surface area is 647 Å². The second-order valence-electron chi connectivity index (χ2n) is 22.6. The van der Waals surface area contributed by atoms with Crippen molar-refractivity contribution in [3.8, 4) is 0 Å². The van der Waals surface area contributed by atoms with Gasteiger partial charge in [0.05, 0.1) is 53.3 Å². The fourth-order valence-corrected chi connectivity index (χ4v) is 15.7. The summed E-state index contributed by atoms with van der Waals surface area (Å²) < 4.78 is 26.0. The number of carbonyl (C=O) groups is 6. The minimum atomic E-state index is -1.24. The number of alkyl halides is 1. The zero-order valence-electron chi connectivity index (χ0n) is 54.9. The minimum absolute atomic E-state index is 0. The summed E-state index contributed by atoms with van der Waals surface area (Å²) in [4.78, 5) is 115. The van der Waals surface area contributed by atoms with Crippen molar-refractivity contribution in [2.75, 3.05) is 85.4 Å². The normalized spacial score (nSPS) is 15.5. The van der Waals surface area contributed by atoms with Gasteiger partial charge in [0.15, 0.2) is 15.5 Å². The number of thioether (sulfide) groups is 2. The summed E-state index contributed by atoms with van der Waals surface area (Å²) in [5, 5.41) is 9.34. The van der Waals surface area contributed by atoms with E-state index in [4.69, 9.17) is 9.47 Å². The number of ether oxygens (including phenoxy) is 5. The first-order chi connectivity index (χ1) is 46.2. The van der Waals surface area contributed by atoms with Gasteiger partial charge in [-0.3, -0.25) is 38.6 Å². The first kappa shape index (κ1) is 79.7. The third-order valence-corrected chi connectivity index (χ3v) is 22.2. The molecule has 17 nitrogen and oxygen atoms in total. The molecular weight excluding hydrogens is 1560 g/mol. The maximum absolute atomic E-state index is 13.0. The van der Waals surface area contributed by atoms with Crippen LogP contribution >= 0.6 is 73.5 Å². The van der Waals surface area contributed by atoms with Crippen LogP contribution in [-0.2, 0) is 114 Å². The number of halogens is 1. The molecule has 2 radical (unpaired) electrons. The van der Waals surface area contributed by atoms with Crippen molar-refractivity contribution in [1.29, 1.82) is 0 Å². The molecule has 2 saturated heterocycles. The number of fused-ring (bicyclic) bond motifs is 5. The number of methoxy groups -OCH3 is 3. The minimum Gasteiger partial charge on any atom is -0.468 e. The van der Waals surface area contributed by atoms with Crippen molar-refractivity contribution in [1.82, 2.24) is 15.1 Å². The van der Waals surface area contributed by atoms with Crippen LogP contribution in [0, 0.1) is 34.1 Å². The van der Waals surface area contributed by atoms with Crippen molar-refractivity contribution in [2.45, 2.75) is 54.5 Å². The van der Waals surface area contributed by atoms with Gasteiger partial charge in [0, 0.05) is 174 Å². The van der Waals surface area contributed by atoms with Gasteiger partial charge in [-0.05, 0) is 85.0 Å². The van der Waals surface area contributed by atoms with Gasteiger partial charge in [-0.25, -0.2) is 9.59 Å².